The van der Waals surface area contributed by atoms with Crippen molar-refractivity contribution in [2.75, 3.05) is 5.32 Å². The number of benzene rings is 1. The highest BCUT2D eigenvalue weighted by atomic mass is 32.1. The van der Waals surface area contributed by atoms with Crippen LogP contribution in [-0.4, -0.2) is 33.0 Å². The molecular weight excluding hydrogens is 338 g/mol. The average Bonchev–Trinajstić information content (AvgIpc) is 2.94. The first kappa shape index (κ1) is 17.3. The molecule has 0 saturated heterocycles. The van der Waals surface area contributed by atoms with Gasteiger partial charge >= 0.3 is 5.97 Å². The number of carboxylic acid groups (broad SMARTS) is 1. The van der Waals surface area contributed by atoms with E-state index in [0.29, 0.717) is 0 Å². The third kappa shape index (κ3) is 4.26. The number of non-ortho nitro benzene ring substituents is 1. The molecule has 0 atom stereocenters. The largest absolute Gasteiger partial charge is 0.491 e. The molecule has 0 aliphatic carbocycles. The van der Waals surface area contributed by atoms with Gasteiger partial charge in [-0.3, -0.25) is 20.2 Å². The van der Waals surface area contributed by atoms with Crippen LogP contribution in [0.25, 0.3) is 0 Å². The summed E-state index contributed by atoms with van der Waals surface area (Å²) in [5.41, 5.74) is -0.282. The topological polar surface area (TPSA) is 132 Å². The number of carbonyl (C=O) groups excluding carboxylic acids is 1. The van der Waals surface area contributed by atoms with Gasteiger partial charge in [-0.15, -0.1) is 0 Å². The van der Waals surface area contributed by atoms with E-state index in [0.717, 1.165) is 23.6 Å². The Labute approximate surface area is 140 Å². The van der Waals surface area contributed by atoms with Crippen LogP contribution < -0.4 is 10.1 Å². The van der Waals surface area contributed by atoms with E-state index in [1.54, 1.807) is 13.8 Å². The van der Waals surface area contributed by atoms with Gasteiger partial charge in [0, 0.05) is 6.07 Å². The smallest absolute Gasteiger partial charge is 0.347 e. The maximum Gasteiger partial charge on any atom is 0.347 e. The number of amides is 1. The molecule has 24 heavy (non-hydrogen) atoms. The van der Waals surface area contributed by atoms with E-state index in [2.05, 4.69) is 10.3 Å². The summed E-state index contributed by atoms with van der Waals surface area (Å²) in [6.07, 6.45) is 0.892. The molecule has 0 fully saturated rings. The second-order valence-electron chi connectivity index (χ2n) is 4.93. The number of carbonyl (C=O) groups is 2. The molecule has 2 N–H and O–H groups in total. The van der Waals surface area contributed by atoms with Crippen molar-refractivity contribution in [3.63, 3.8) is 0 Å². The highest BCUT2D eigenvalue weighted by molar-refractivity contribution is 7.17. The second kappa shape index (κ2) is 7.04. The van der Waals surface area contributed by atoms with Crippen LogP contribution in [0.1, 0.15) is 33.9 Å². The summed E-state index contributed by atoms with van der Waals surface area (Å²) in [5.74, 6) is -1.62. The van der Waals surface area contributed by atoms with Gasteiger partial charge in [0.15, 0.2) is 5.13 Å². The summed E-state index contributed by atoms with van der Waals surface area (Å²) >= 11 is 0.782. The van der Waals surface area contributed by atoms with Crippen molar-refractivity contribution >= 4 is 34.0 Å². The van der Waals surface area contributed by atoms with E-state index < -0.39 is 16.8 Å². The van der Waals surface area contributed by atoms with E-state index in [9.17, 15) is 19.7 Å². The zero-order valence-corrected chi connectivity index (χ0v) is 13.5. The number of nitrogens with one attached hydrogen (secondary N) is 1. The van der Waals surface area contributed by atoms with Gasteiger partial charge in [-0.1, -0.05) is 11.3 Å². The quantitative estimate of drug-likeness (QED) is 0.604. The average molecular weight is 351 g/mol. The lowest BCUT2D eigenvalue weighted by molar-refractivity contribution is -0.385. The molecule has 0 aliphatic heterocycles. The summed E-state index contributed by atoms with van der Waals surface area (Å²) in [6, 6.07) is 3.70. The Morgan fingerprint density at radius 2 is 2.08 bits per heavy atom. The Balaban J connectivity index is 2.27. The first-order valence-corrected chi connectivity index (χ1v) is 7.54. The van der Waals surface area contributed by atoms with Crippen LogP contribution in [0, 0.1) is 10.1 Å². The van der Waals surface area contributed by atoms with Crippen LogP contribution in [0.4, 0.5) is 10.8 Å². The van der Waals surface area contributed by atoms with E-state index in [1.165, 1.54) is 12.1 Å². The molecule has 10 heteroatoms. The van der Waals surface area contributed by atoms with Crippen LogP contribution in [0.5, 0.6) is 5.75 Å². The zero-order valence-electron chi connectivity index (χ0n) is 12.7. The molecule has 0 saturated carbocycles. The number of nitrogens with zero attached hydrogens (tertiary/aromatic N) is 2. The summed E-state index contributed by atoms with van der Waals surface area (Å²) in [5, 5.41) is 22.3. The summed E-state index contributed by atoms with van der Waals surface area (Å²) in [4.78, 5) is 37.1. The number of aromatic nitrogens is 1. The number of nitro groups is 1. The van der Waals surface area contributed by atoms with Gasteiger partial charge in [0.2, 0.25) is 0 Å². The number of carboxylic acids is 1. The van der Waals surface area contributed by atoms with E-state index in [1.807, 2.05) is 0 Å². The van der Waals surface area contributed by atoms with E-state index >= 15 is 0 Å². The molecule has 1 aromatic carbocycles. The Morgan fingerprint density at radius 1 is 1.38 bits per heavy atom. The van der Waals surface area contributed by atoms with Gasteiger partial charge in [0.25, 0.3) is 11.6 Å². The number of anilines is 1. The number of hydrogen-bond acceptors (Lipinski definition) is 7. The molecule has 0 spiro atoms. The third-order valence-electron chi connectivity index (χ3n) is 2.67. The van der Waals surface area contributed by atoms with Crippen LogP contribution in [0.2, 0.25) is 0 Å². The lowest BCUT2D eigenvalue weighted by Gasteiger charge is -2.11. The molecular formula is C14H13N3O6S. The number of nitro benzene ring substituents is 1. The normalized spacial score (nSPS) is 10.5. The molecule has 0 unspecified atom stereocenters. The predicted molar refractivity (Wildman–Crippen MR) is 85.9 cm³/mol. The lowest BCUT2D eigenvalue weighted by atomic mass is 10.1. The maximum absolute atomic E-state index is 12.2. The molecule has 9 nitrogen and oxygen atoms in total. The molecule has 2 aromatic rings. The minimum absolute atomic E-state index is 0.00641. The van der Waals surface area contributed by atoms with Crippen molar-refractivity contribution in [1.29, 1.82) is 0 Å². The van der Waals surface area contributed by atoms with Gasteiger partial charge in [-0.25, -0.2) is 9.78 Å². The summed E-state index contributed by atoms with van der Waals surface area (Å²) < 4.78 is 5.41. The van der Waals surface area contributed by atoms with Crippen molar-refractivity contribution in [2.24, 2.45) is 0 Å². The van der Waals surface area contributed by atoms with Crippen molar-refractivity contribution in [2.45, 2.75) is 20.0 Å². The first-order valence-electron chi connectivity index (χ1n) is 6.73. The lowest BCUT2D eigenvalue weighted by Crippen LogP contribution is -2.13. The Bertz CT molecular complexity index is 802. The molecule has 2 rings (SSSR count). The minimum Gasteiger partial charge on any atom is -0.491 e. The van der Waals surface area contributed by atoms with Gasteiger partial charge in [0.1, 0.15) is 10.6 Å². The third-order valence-corrected chi connectivity index (χ3v) is 3.57. The van der Waals surface area contributed by atoms with Crippen LogP contribution in [-0.2, 0) is 0 Å². The molecule has 0 bridgehead atoms. The van der Waals surface area contributed by atoms with E-state index in [4.69, 9.17) is 9.84 Å². The second-order valence-corrected chi connectivity index (χ2v) is 5.96. The molecule has 0 aliphatic rings. The fourth-order valence-electron chi connectivity index (χ4n) is 1.76. The number of thiazole rings is 1. The van der Waals surface area contributed by atoms with Crippen LogP contribution >= 0.6 is 11.3 Å². The predicted octanol–water partition coefficient (Wildman–Crippen LogP) is 2.79. The Hall–Kier alpha value is -3.01. The van der Waals surface area contributed by atoms with Crippen molar-refractivity contribution < 1.29 is 24.4 Å². The Morgan fingerprint density at radius 3 is 2.62 bits per heavy atom. The highest BCUT2D eigenvalue weighted by Crippen LogP contribution is 2.25. The molecule has 1 heterocycles. The monoisotopic (exact) mass is 351 g/mol. The molecule has 126 valence electrons. The number of ether oxygens (including phenoxy) is 1. The molecule has 0 radical (unpaired) electrons. The van der Waals surface area contributed by atoms with Gasteiger partial charge in [-0.2, -0.15) is 0 Å². The first-order chi connectivity index (χ1) is 11.3. The molecule has 1 aromatic heterocycles. The highest BCUT2D eigenvalue weighted by Gasteiger charge is 2.17. The van der Waals surface area contributed by atoms with Gasteiger partial charge < -0.3 is 9.84 Å². The maximum atomic E-state index is 12.2. The number of rotatable bonds is 6. The number of hydrogen-bond donors (Lipinski definition) is 2. The Kier molecular flexibility index (Phi) is 5.09. The van der Waals surface area contributed by atoms with Crippen molar-refractivity contribution in [3.05, 3.63) is 45.0 Å². The van der Waals surface area contributed by atoms with Gasteiger partial charge in [-0.05, 0) is 19.9 Å². The minimum atomic E-state index is -1.16. The van der Waals surface area contributed by atoms with Crippen molar-refractivity contribution in [1.82, 2.24) is 4.98 Å². The van der Waals surface area contributed by atoms with Crippen LogP contribution in [0.15, 0.2) is 24.4 Å². The SMILES string of the molecule is CC(C)Oc1cc(C(=O)Nc2ncc(C(=O)O)s2)cc([N+](=O)[O-])c1. The van der Waals surface area contributed by atoms with Gasteiger partial charge in [0.05, 0.1) is 28.9 Å². The number of aromatic carboxylic acids is 1. The summed E-state index contributed by atoms with van der Waals surface area (Å²) in [7, 11) is 0. The van der Waals surface area contributed by atoms with Crippen molar-refractivity contribution in [3.8, 4) is 5.75 Å². The van der Waals surface area contributed by atoms with E-state index in [-0.39, 0.29) is 33.1 Å². The fraction of sp³-hybridized carbons (Fsp3) is 0.214. The zero-order chi connectivity index (χ0) is 17.9. The van der Waals surface area contributed by atoms with Crippen LogP contribution in [0.3, 0.4) is 0 Å². The molecule has 1 amide bonds. The standard InChI is InChI=1S/C14H13N3O6S/c1-7(2)23-10-4-8(3-9(5-10)17(21)22)12(18)16-14-15-6-11(24-14)13(19)20/h3-7H,1-2H3,(H,19,20)(H,15,16,18). The summed E-state index contributed by atoms with van der Waals surface area (Å²) in [6.45, 7) is 3.50. The fourth-order valence-corrected chi connectivity index (χ4v) is 2.41.